The van der Waals surface area contributed by atoms with Gasteiger partial charge in [0.25, 0.3) is 0 Å². The summed E-state index contributed by atoms with van der Waals surface area (Å²) in [5.74, 6) is -2.34. The lowest BCUT2D eigenvalue weighted by Gasteiger charge is -2.28. The van der Waals surface area contributed by atoms with Crippen molar-refractivity contribution in [2.24, 2.45) is 0 Å². The Bertz CT molecular complexity index is 768. The molecule has 0 aliphatic heterocycles. The van der Waals surface area contributed by atoms with Crippen LogP contribution in [0.2, 0.25) is 0 Å². The molecule has 25 heavy (non-hydrogen) atoms. The second-order valence-corrected chi connectivity index (χ2v) is 5.26. The van der Waals surface area contributed by atoms with Gasteiger partial charge in [-0.3, -0.25) is 4.79 Å². The molecule has 1 heterocycles. The molecule has 1 aromatic heterocycles. The summed E-state index contributed by atoms with van der Waals surface area (Å²) in [7, 11) is 0. The first-order valence-corrected chi connectivity index (χ1v) is 7.80. The topological polar surface area (TPSA) is 97.5 Å². The first-order valence-electron chi connectivity index (χ1n) is 7.80. The quantitative estimate of drug-likeness (QED) is 0.427. The molecule has 2 rings (SSSR count). The highest BCUT2D eigenvalue weighted by atomic mass is 19.1. The Kier molecular flexibility index (Phi) is 5.74. The van der Waals surface area contributed by atoms with Crippen LogP contribution < -0.4 is 5.32 Å². The van der Waals surface area contributed by atoms with E-state index in [1.54, 1.807) is 19.9 Å². The number of rotatable bonds is 8. The number of hydrogen-bond acceptors (Lipinski definition) is 5. The molecule has 0 aliphatic rings. The van der Waals surface area contributed by atoms with Crippen LogP contribution in [-0.2, 0) is 30.3 Å². The van der Waals surface area contributed by atoms with Crippen molar-refractivity contribution in [2.75, 3.05) is 13.2 Å². The van der Waals surface area contributed by atoms with E-state index in [0.29, 0.717) is 10.9 Å². The Hall–Kier alpha value is -2.90. The third kappa shape index (κ3) is 3.47. The van der Waals surface area contributed by atoms with Gasteiger partial charge in [0.05, 0.1) is 18.7 Å². The van der Waals surface area contributed by atoms with E-state index >= 15 is 0 Å². The van der Waals surface area contributed by atoms with E-state index in [-0.39, 0.29) is 31.6 Å². The summed E-state index contributed by atoms with van der Waals surface area (Å²) in [6, 6.07) is 4.45. The average Bonchev–Trinajstić information content (AvgIpc) is 2.99. The molecule has 8 heteroatoms. The SMILES string of the molecule is CCOC(=O)C(Cc1c[nH]c2c(F)cccc12)(NC=O)C(=O)OCC. The minimum atomic E-state index is -2.05. The maximum atomic E-state index is 13.9. The summed E-state index contributed by atoms with van der Waals surface area (Å²) in [6.07, 6.45) is 1.48. The Labute approximate surface area is 143 Å². The van der Waals surface area contributed by atoms with Gasteiger partial charge in [0.2, 0.25) is 11.9 Å². The van der Waals surface area contributed by atoms with Gasteiger partial charge in [0, 0.05) is 18.0 Å². The van der Waals surface area contributed by atoms with Crippen LogP contribution >= 0.6 is 0 Å². The Morgan fingerprint density at radius 1 is 1.24 bits per heavy atom. The Morgan fingerprint density at radius 3 is 2.44 bits per heavy atom. The van der Waals surface area contributed by atoms with Gasteiger partial charge in [-0.15, -0.1) is 0 Å². The average molecular weight is 350 g/mol. The molecule has 0 fully saturated rings. The highest BCUT2D eigenvalue weighted by Gasteiger charge is 2.49. The number of benzene rings is 1. The van der Waals surface area contributed by atoms with Crippen LogP contribution in [0, 0.1) is 5.82 Å². The predicted molar refractivity (Wildman–Crippen MR) is 87.2 cm³/mol. The van der Waals surface area contributed by atoms with Gasteiger partial charge in [-0.05, 0) is 25.5 Å². The highest BCUT2D eigenvalue weighted by Crippen LogP contribution is 2.26. The van der Waals surface area contributed by atoms with Crippen molar-refractivity contribution in [1.29, 1.82) is 0 Å². The number of para-hydroxylation sites is 1. The number of hydrogen-bond donors (Lipinski definition) is 2. The van der Waals surface area contributed by atoms with Crippen molar-refractivity contribution >= 4 is 29.3 Å². The minimum absolute atomic E-state index is 0.0169. The van der Waals surface area contributed by atoms with Gasteiger partial charge in [0.1, 0.15) is 5.82 Å². The minimum Gasteiger partial charge on any atom is -0.464 e. The molecule has 0 saturated heterocycles. The molecular weight excluding hydrogens is 331 g/mol. The number of fused-ring (bicyclic) bond motifs is 1. The number of nitrogens with one attached hydrogen (secondary N) is 2. The maximum absolute atomic E-state index is 13.9. The standard InChI is InChI=1S/C17H19FN2O5/c1-3-24-15(22)17(20-10-21,16(23)25-4-2)8-11-9-19-14-12(11)6-5-7-13(14)18/h5-7,9-10,19H,3-4,8H2,1-2H3,(H,20,21). The summed E-state index contributed by atoms with van der Waals surface area (Å²) in [5, 5.41) is 2.74. The maximum Gasteiger partial charge on any atom is 0.344 e. The molecule has 0 spiro atoms. The van der Waals surface area contributed by atoms with Gasteiger partial charge in [-0.1, -0.05) is 12.1 Å². The van der Waals surface area contributed by atoms with Gasteiger partial charge >= 0.3 is 11.9 Å². The van der Waals surface area contributed by atoms with Crippen molar-refractivity contribution in [3.63, 3.8) is 0 Å². The number of ether oxygens (including phenoxy) is 2. The summed E-state index contributed by atoms with van der Waals surface area (Å²) >= 11 is 0. The highest BCUT2D eigenvalue weighted by molar-refractivity contribution is 6.07. The van der Waals surface area contributed by atoms with Crippen LogP contribution in [0.4, 0.5) is 4.39 Å². The van der Waals surface area contributed by atoms with Gasteiger partial charge < -0.3 is 19.8 Å². The number of carbonyl (C=O) groups excluding carboxylic acids is 3. The molecule has 0 radical (unpaired) electrons. The molecule has 7 nitrogen and oxygen atoms in total. The van der Waals surface area contributed by atoms with Crippen molar-refractivity contribution in [3.05, 3.63) is 35.8 Å². The smallest absolute Gasteiger partial charge is 0.344 e. The van der Waals surface area contributed by atoms with Crippen molar-refractivity contribution < 1.29 is 28.2 Å². The lowest BCUT2D eigenvalue weighted by molar-refractivity contribution is -0.167. The molecule has 0 bridgehead atoms. The van der Waals surface area contributed by atoms with Crippen molar-refractivity contribution in [3.8, 4) is 0 Å². The van der Waals surface area contributed by atoms with Crippen LogP contribution in [0.5, 0.6) is 0 Å². The third-order valence-electron chi connectivity index (χ3n) is 3.76. The number of halogens is 1. The number of esters is 2. The van der Waals surface area contributed by atoms with E-state index in [4.69, 9.17) is 9.47 Å². The predicted octanol–water partition coefficient (Wildman–Crippen LogP) is 1.46. The van der Waals surface area contributed by atoms with Crippen LogP contribution in [0.1, 0.15) is 19.4 Å². The molecule has 2 aromatic rings. The summed E-state index contributed by atoms with van der Waals surface area (Å²) in [5.41, 5.74) is -1.34. The lowest BCUT2D eigenvalue weighted by Crippen LogP contribution is -2.60. The van der Waals surface area contributed by atoms with Crippen LogP contribution in [-0.4, -0.2) is 42.1 Å². The number of carbonyl (C=O) groups is 3. The molecule has 0 unspecified atom stereocenters. The molecule has 2 N–H and O–H groups in total. The molecule has 134 valence electrons. The normalized spacial score (nSPS) is 11.2. The molecule has 1 amide bonds. The van der Waals surface area contributed by atoms with Gasteiger partial charge in [0.15, 0.2) is 0 Å². The second-order valence-electron chi connectivity index (χ2n) is 5.26. The zero-order chi connectivity index (χ0) is 18.4. The Balaban J connectivity index is 2.53. The molecular formula is C17H19FN2O5. The largest absolute Gasteiger partial charge is 0.464 e. The van der Waals surface area contributed by atoms with Crippen LogP contribution in [0.3, 0.4) is 0 Å². The third-order valence-corrected chi connectivity index (χ3v) is 3.76. The fraction of sp³-hybridized carbons (Fsp3) is 0.353. The fourth-order valence-corrected chi connectivity index (χ4v) is 2.61. The molecule has 0 saturated carbocycles. The summed E-state index contributed by atoms with van der Waals surface area (Å²) in [4.78, 5) is 38.8. The van der Waals surface area contributed by atoms with Crippen LogP contribution in [0.25, 0.3) is 10.9 Å². The molecule has 1 aromatic carbocycles. The van der Waals surface area contributed by atoms with E-state index in [9.17, 15) is 18.8 Å². The van der Waals surface area contributed by atoms with E-state index in [0.717, 1.165) is 0 Å². The molecule has 0 aliphatic carbocycles. The molecule has 0 atom stereocenters. The number of aromatic nitrogens is 1. The van der Waals surface area contributed by atoms with Crippen molar-refractivity contribution in [1.82, 2.24) is 10.3 Å². The fourth-order valence-electron chi connectivity index (χ4n) is 2.61. The van der Waals surface area contributed by atoms with E-state index in [1.165, 1.54) is 18.3 Å². The van der Waals surface area contributed by atoms with Gasteiger partial charge in [-0.25, -0.2) is 14.0 Å². The van der Waals surface area contributed by atoms with Gasteiger partial charge in [-0.2, -0.15) is 0 Å². The zero-order valence-corrected chi connectivity index (χ0v) is 13.9. The monoisotopic (exact) mass is 350 g/mol. The Morgan fingerprint density at radius 2 is 1.88 bits per heavy atom. The lowest BCUT2D eigenvalue weighted by atomic mass is 9.90. The number of amides is 1. The number of H-pyrrole nitrogens is 1. The van der Waals surface area contributed by atoms with Crippen LogP contribution in [0.15, 0.2) is 24.4 Å². The first-order chi connectivity index (χ1) is 12.0. The van der Waals surface area contributed by atoms with E-state index < -0.39 is 23.3 Å². The van der Waals surface area contributed by atoms with E-state index in [2.05, 4.69) is 10.3 Å². The number of aromatic amines is 1. The zero-order valence-electron chi connectivity index (χ0n) is 13.9. The second kappa shape index (κ2) is 7.78. The summed E-state index contributed by atoms with van der Waals surface area (Å²) < 4.78 is 23.8. The first kappa shape index (κ1) is 18.4. The van der Waals surface area contributed by atoms with E-state index in [1.807, 2.05) is 0 Å². The van der Waals surface area contributed by atoms with Crippen molar-refractivity contribution in [2.45, 2.75) is 25.8 Å². The summed E-state index contributed by atoms with van der Waals surface area (Å²) in [6.45, 7) is 3.19.